The van der Waals surface area contributed by atoms with Gasteiger partial charge < -0.3 is 9.84 Å². The molecule has 0 amide bonds. The Kier molecular flexibility index (Phi) is 6.36. The molecular weight excluding hydrogens is 280 g/mol. The van der Waals surface area contributed by atoms with Crippen LogP contribution < -0.4 is 0 Å². The first-order valence-corrected chi connectivity index (χ1v) is 7.89. The Bertz CT molecular complexity index is 493. The monoisotopic (exact) mass is 306 g/mol. The molecule has 0 bridgehead atoms. The normalized spacial score (nSPS) is 19.5. The summed E-state index contributed by atoms with van der Waals surface area (Å²) in [4.78, 5) is 14.9. The summed E-state index contributed by atoms with van der Waals surface area (Å²) in [7, 11) is 1.82. The summed E-state index contributed by atoms with van der Waals surface area (Å²) in [6.07, 6.45) is 1.12. The molecule has 5 heteroatoms. The SMILES string of the molecule is CCc1ccccc1CN1CCOC(CN(C)CC(=O)O)C1. The summed E-state index contributed by atoms with van der Waals surface area (Å²) < 4.78 is 5.78. The summed E-state index contributed by atoms with van der Waals surface area (Å²) >= 11 is 0. The quantitative estimate of drug-likeness (QED) is 0.827. The highest BCUT2D eigenvalue weighted by atomic mass is 16.5. The molecule has 2 rings (SSSR count). The Labute approximate surface area is 132 Å². The molecule has 1 atom stereocenters. The van der Waals surface area contributed by atoms with Crippen LogP contribution in [0.1, 0.15) is 18.1 Å². The number of carbonyl (C=O) groups is 1. The molecule has 0 saturated carbocycles. The van der Waals surface area contributed by atoms with Crippen LogP contribution in [0.3, 0.4) is 0 Å². The minimum Gasteiger partial charge on any atom is -0.480 e. The average Bonchev–Trinajstić information content (AvgIpc) is 2.47. The second-order valence-corrected chi connectivity index (χ2v) is 5.94. The van der Waals surface area contributed by atoms with Crippen molar-refractivity contribution in [2.45, 2.75) is 26.0 Å². The highest BCUT2D eigenvalue weighted by molar-refractivity contribution is 5.69. The zero-order chi connectivity index (χ0) is 15.9. The Balaban J connectivity index is 1.89. The van der Waals surface area contributed by atoms with Gasteiger partial charge >= 0.3 is 5.97 Å². The van der Waals surface area contributed by atoms with Crippen molar-refractivity contribution in [3.63, 3.8) is 0 Å². The van der Waals surface area contributed by atoms with Gasteiger partial charge in [-0.15, -0.1) is 0 Å². The van der Waals surface area contributed by atoms with Gasteiger partial charge in [-0.1, -0.05) is 31.2 Å². The maximum Gasteiger partial charge on any atom is 0.317 e. The van der Waals surface area contributed by atoms with Crippen LogP contribution in [-0.2, 0) is 22.5 Å². The van der Waals surface area contributed by atoms with Crippen LogP contribution in [0.15, 0.2) is 24.3 Å². The minimum atomic E-state index is -0.799. The first kappa shape index (κ1) is 16.9. The molecule has 1 aliphatic heterocycles. The molecular formula is C17H26N2O3. The first-order chi connectivity index (χ1) is 10.6. The number of ether oxygens (including phenoxy) is 1. The van der Waals surface area contributed by atoms with E-state index in [9.17, 15) is 4.79 Å². The molecule has 1 N–H and O–H groups in total. The van der Waals surface area contributed by atoms with Gasteiger partial charge in [0.15, 0.2) is 0 Å². The van der Waals surface area contributed by atoms with E-state index in [2.05, 4.69) is 36.1 Å². The fraction of sp³-hybridized carbons (Fsp3) is 0.588. The molecule has 0 radical (unpaired) electrons. The van der Waals surface area contributed by atoms with Gasteiger partial charge in [0.25, 0.3) is 0 Å². The zero-order valence-corrected chi connectivity index (χ0v) is 13.5. The number of aryl methyl sites for hydroxylation is 1. The predicted molar refractivity (Wildman–Crippen MR) is 86.0 cm³/mol. The van der Waals surface area contributed by atoms with Gasteiger partial charge in [0.05, 0.1) is 19.3 Å². The predicted octanol–water partition coefficient (Wildman–Crippen LogP) is 1.47. The topological polar surface area (TPSA) is 53.0 Å². The van der Waals surface area contributed by atoms with Crippen LogP contribution in [0, 0.1) is 0 Å². The van der Waals surface area contributed by atoms with Gasteiger partial charge in [-0.05, 0) is 24.6 Å². The highest BCUT2D eigenvalue weighted by Crippen LogP contribution is 2.15. The van der Waals surface area contributed by atoms with E-state index in [0.29, 0.717) is 13.2 Å². The molecule has 0 spiro atoms. The van der Waals surface area contributed by atoms with Crippen LogP contribution in [0.2, 0.25) is 0 Å². The van der Waals surface area contributed by atoms with E-state index < -0.39 is 5.97 Å². The lowest BCUT2D eigenvalue weighted by Gasteiger charge is -2.35. The third-order valence-electron chi connectivity index (χ3n) is 4.04. The van der Waals surface area contributed by atoms with E-state index in [1.54, 1.807) is 4.90 Å². The number of benzene rings is 1. The van der Waals surface area contributed by atoms with Gasteiger partial charge in [0, 0.05) is 26.2 Å². The van der Waals surface area contributed by atoms with E-state index in [4.69, 9.17) is 9.84 Å². The van der Waals surface area contributed by atoms with Gasteiger partial charge in [-0.25, -0.2) is 0 Å². The molecule has 1 unspecified atom stereocenters. The van der Waals surface area contributed by atoms with Crippen molar-refractivity contribution in [1.82, 2.24) is 9.80 Å². The van der Waals surface area contributed by atoms with Crippen LogP contribution in [0.25, 0.3) is 0 Å². The molecule has 5 nitrogen and oxygen atoms in total. The van der Waals surface area contributed by atoms with Crippen molar-refractivity contribution in [2.75, 3.05) is 39.8 Å². The molecule has 1 heterocycles. The Morgan fingerprint density at radius 3 is 2.82 bits per heavy atom. The van der Waals surface area contributed by atoms with Crippen LogP contribution in [0.5, 0.6) is 0 Å². The molecule has 1 saturated heterocycles. The lowest BCUT2D eigenvalue weighted by molar-refractivity contribution is -0.138. The smallest absolute Gasteiger partial charge is 0.317 e. The number of rotatable bonds is 7. The van der Waals surface area contributed by atoms with E-state index in [1.807, 2.05) is 7.05 Å². The number of carboxylic acids is 1. The second-order valence-electron chi connectivity index (χ2n) is 5.94. The average molecular weight is 306 g/mol. The van der Waals surface area contributed by atoms with Crippen molar-refractivity contribution < 1.29 is 14.6 Å². The molecule has 0 aromatic heterocycles. The van der Waals surface area contributed by atoms with Gasteiger partial charge in [-0.2, -0.15) is 0 Å². The Hall–Kier alpha value is -1.43. The zero-order valence-electron chi connectivity index (χ0n) is 13.5. The third-order valence-corrected chi connectivity index (χ3v) is 4.04. The molecule has 1 aromatic rings. The van der Waals surface area contributed by atoms with E-state index >= 15 is 0 Å². The van der Waals surface area contributed by atoms with Crippen molar-refractivity contribution in [1.29, 1.82) is 0 Å². The number of hydrogen-bond donors (Lipinski definition) is 1. The van der Waals surface area contributed by atoms with E-state index in [0.717, 1.165) is 26.1 Å². The molecule has 1 aromatic carbocycles. The number of hydrogen-bond acceptors (Lipinski definition) is 4. The van der Waals surface area contributed by atoms with Crippen molar-refractivity contribution in [2.24, 2.45) is 0 Å². The van der Waals surface area contributed by atoms with Gasteiger partial charge in [-0.3, -0.25) is 14.6 Å². The molecule has 1 fully saturated rings. The van der Waals surface area contributed by atoms with Crippen molar-refractivity contribution >= 4 is 5.97 Å². The number of carboxylic acid groups (broad SMARTS) is 1. The van der Waals surface area contributed by atoms with Crippen LogP contribution in [0.4, 0.5) is 0 Å². The summed E-state index contributed by atoms with van der Waals surface area (Å²) in [5, 5.41) is 8.82. The number of aliphatic carboxylic acids is 1. The van der Waals surface area contributed by atoms with Crippen molar-refractivity contribution in [3.05, 3.63) is 35.4 Å². The minimum absolute atomic E-state index is 0.0541. The maximum absolute atomic E-state index is 10.7. The fourth-order valence-corrected chi connectivity index (χ4v) is 2.98. The number of morpholine rings is 1. The maximum atomic E-state index is 10.7. The molecule has 0 aliphatic carbocycles. The van der Waals surface area contributed by atoms with Crippen LogP contribution in [-0.4, -0.2) is 66.8 Å². The summed E-state index contributed by atoms with van der Waals surface area (Å²) in [6, 6.07) is 8.56. The standard InChI is InChI=1S/C17H26N2O3/c1-3-14-6-4-5-7-15(14)10-19-8-9-22-16(12-19)11-18(2)13-17(20)21/h4-7,16H,3,8-13H2,1-2H3,(H,20,21). The lowest BCUT2D eigenvalue weighted by atomic mass is 10.0. The number of nitrogens with zero attached hydrogens (tertiary/aromatic N) is 2. The summed E-state index contributed by atoms with van der Waals surface area (Å²) in [5.74, 6) is -0.799. The van der Waals surface area contributed by atoms with Gasteiger partial charge in [0.1, 0.15) is 0 Å². The largest absolute Gasteiger partial charge is 0.480 e. The summed E-state index contributed by atoms with van der Waals surface area (Å²) in [5.41, 5.74) is 2.78. The molecule has 22 heavy (non-hydrogen) atoms. The first-order valence-electron chi connectivity index (χ1n) is 7.89. The van der Waals surface area contributed by atoms with Gasteiger partial charge in [0.2, 0.25) is 0 Å². The Morgan fingerprint density at radius 2 is 2.14 bits per heavy atom. The van der Waals surface area contributed by atoms with Crippen LogP contribution >= 0.6 is 0 Å². The molecule has 1 aliphatic rings. The second kappa shape index (κ2) is 8.27. The van der Waals surface area contributed by atoms with E-state index in [1.165, 1.54) is 11.1 Å². The lowest BCUT2D eigenvalue weighted by Crippen LogP contribution is -2.47. The molecule has 122 valence electrons. The fourth-order valence-electron chi connectivity index (χ4n) is 2.98. The third kappa shape index (κ3) is 5.09. The van der Waals surface area contributed by atoms with E-state index in [-0.39, 0.29) is 12.6 Å². The summed E-state index contributed by atoms with van der Waals surface area (Å²) in [6.45, 7) is 6.31. The Morgan fingerprint density at radius 1 is 1.41 bits per heavy atom. The van der Waals surface area contributed by atoms with Crippen molar-refractivity contribution in [3.8, 4) is 0 Å². The number of likely N-dealkylation sites (N-methyl/N-ethyl adjacent to an activating group) is 1. The highest BCUT2D eigenvalue weighted by Gasteiger charge is 2.22.